The van der Waals surface area contributed by atoms with Crippen LogP contribution in [-0.2, 0) is 6.18 Å². The summed E-state index contributed by atoms with van der Waals surface area (Å²) in [4.78, 5) is 0. The first-order chi connectivity index (χ1) is 11.4. The summed E-state index contributed by atoms with van der Waals surface area (Å²) in [6.07, 6.45) is -9.86. The van der Waals surface area contributed by atoms with Crippen LogP contribution in [-0.4, -0.2) is 11.5 Å². The van der Waals surface area contributed by atoms with E-state index in [1.807, 2.05) is 0 Å². The molecule has 26 heavy (non-hydrogen) atoms. The van der Waals surface area contributed by atoms with E-state index in [0.29, 0.717) is 12.1 Å². The van der Waals surface area contributed by atoms with Gasteiger partial charge in [0.05, 0.1) is 11.6 Å². The highest BCUT2D eigenvalue weighted by molar-refractivity contribution is 5.85. The van der Waals surface area contributed by atoms with Crippen molar-refractivity contribution in [2.45, 2.75) is 18.6 Å². The van der Waals surface area contributed by atoms with Gasteiger partial charge in [-0.2, -0.15) is 13.2 Å². The first-order valence-corrected chi connectivity index (χ1v) is 6.60. The van der Waals surface area contributed by atoms with Crippen LogP contribution in [0.2, 0.25) is 0 Å². The molecule has 0 aliphatic carbocycles. The number of hydrogen-bond donors (Lipinski definition) is 2. The Morgan fingerprint density at radius 2 is 1.46 bits per heavy atom. The van der Waals surface area contributed by atoms with Gasteiger partial charge in [-0.1, -0.05) is 12.1 Å². The molecule has 0 fully saturated rings. The fourth-order valence-corrected chi connectivity index (χ4v) is 2.19. The smallest absolute Gasteiger partial charge is 0.505 e. The Hall–Kier alpha value is -2.20. The molecule has 2 aromatic rings. The number of phenolic OH excluding ortho intramolecular Hbond substituents is 1. The molecule has 3 N–H and O–H groups in total. The lowest BCUT2D eigenvalue weighted by Gasteiger charge is -2.20. The summed E-state index contributed by atoms with van der Waals surface area (Å²) < 4.78 is 92.5. The predicted molar refractivity (Wildman–Crippen MR) is 79.5 cm³/mol. The van der Waals surface area contributed by atoms with E-state index in [9.17, 15) is 35.8 Å². The fourth-order valence-electron chi connectivity index (χ4n) is 2.19. The normalized spacial score (nSPS) is 13.1. The summed E-state index contributed by atoms with van der Waals surface area (Å²) in [6.45, 7) is 0. The maximum absolute atomic E-state index is 13.5. The lowest BCUT2D eigenvalue weighted by Crippen LogP contribution is -2.20. The molecular formula is C15H11ClF7NO2. The molecule has 0 amide bonds. The highest BCUT2D eigenvalue weighted by atomic mass is 35.5. The van der Waals surface area contributed by atoms with Gasteiger partial charge in [0.1, 0.15) is 5.75 Å². The van der Waals surface area contributed by atoms with Crippen LogP contribution in [0.1, 0.15) is 22.7 Å². The van der Waals surface area contributed by atoms with Crippen LogP contribution in [0.3, 0.4) is 0 Å². The Morgan fingerprint density at radius 1 is 0.923 bits per heavy atom. The van der Waals surface area contributed by atoms with Crippen molar-refractivity contribution in [3.05, 3.63) is 58.9 Å². The second-order valence-corrected chi connectivity index (χ2v) is 4.95. The van der Waals surface area contributed by atoms with E-state index in [4.69, 9.17) is 5.73 Å². The molecule has 0 heterocycles. The van der Waals surface area contributed by atoms with Gasteiger partial charge in [-0.3, -0.25) is 0 Å². The molecule has 2 aromatic carbocycles. The van der Waals surface area contributed by atoms with E-state index in [1.165, 1.54) is 0 Å². The molecule has 0 saturated carbocycles. The third-order valence-electron chi connectivity index (χ3n) is 3.26. The Bertz CT molecular complexity index is 760. The van der Waals surface area contributed by atoms with Crippen LogP contribution in [0.5, 0.6) is 11.5 Å². The molecule has 0 saturated heterocycles. The number of aromatic hydroxyl groups is 1. The maximum atomic E-state index is 13.5. The van der Waals surface area contributed by atoms with Crippen LogP contribution in [0.25, 0.3) is 0 Å². The molecule has 0 radical (unpaired) electrons. The zero-order valence-corrected chi connectivity index (χ0v) is 13.3. The lowest BCUT2D eigenvalue weighted by molar-refractivity contribution is -0.274. The van der Waals surface area contributed by atoms with Crippen LogP contribution in [0.15, 0.2) is 36.4 Å². The number of ether oxygens (including phenoxy) is 1. The first kappa shape index (κ1) is 21.8. The molecular weight excluding hydrogens is 395 g/mol. The minimum absolute atomic E-state index is 0. The lowest BCUT2D eigenvalue weighted by atomic mass is 9.93. The molecule has 3 nitrogen and oxygen atoms in total. The number of halogens is 8. The van der Waals surface area contributed by atoms with Gasteiger partial charge in [-0.25, -0.2) is 4.39 Å². The third kappa shape index (κ3) is 4.92. The number of benzene rings is 2. The zero-order chi connectivity index (χ0) is 19.0. The Labute approximate surface area is 148 Å². The number of nitrogens with two attached hydrogens (primary N) is 1. The summed E-state index contributed by atoms with van der Waals surface area (Å²) in [7, 11) is 0. The van der Waals surface area contributed by atoms with Gasteiger partial charge < -0.3 is 15.6 Å². The van der Waals surface area contributed by atoms with Gasteiger partial charge in [0.15, 0.2) is 11.6 Å². The van der Waals surface area contributed by atoms with Gasteiger partial charge >= 0.3 is 12.5 Å². The average molecular weight is 406 g/mol. The SMILES string of the molecule is Cl.N[C@H](c1ccc(OC(F)(F)F)cc1)c1c(C(F)(F)F)ccc(F)c1O. The number of phenols is 1. The molecule has 0 aliphatic rings. The number of rotatable bonds is 3. The van der Waals surface area contributed by atoms with Gasteiger partial charge in [-0.05, 0) is 29.8 Å². The molecule has 2 rings (SSSR count). The van der Waals surface area contributed by atoms with Crippen molar-refractivity contribution in [3.8, 4) is 11.5 Å². The van der Waals surface area contributed by atoms with Crippen LogP contribution < -0.4 is 10.5 Å². The quantitative estimate of drug-likeness (QED) is 0.713. The van der Waals surface area contributed by atoms with E-state index in [2.05, 4.69) is 4.74 Å². The second-order valence-electron chi connectivity index (χ2n) is 4.95. The Kier molecular flexibility index (Phi) is 6.37. The van der Waals surface area contributed by atoms with Crippen LogP contribution in [0, 0.1) is 5.82 Å². The van der Waals surface area contributed by atoms with Crippen molar-refractivity contribution in [2.24, 2.45) is 5.73 Å². The summed E-state index contributed by atoms with van der Waals surface area (Å²) in [6, 6.07) is 2.87. The van der Waals surface area contributed by atoms with Gasteiger partial charge in [0.2, 0.25) is 0 Å². The van der Waals surface area contributed by atoms with E-state index >= 15 is 0 Å². The monoisotopic (exact) mass is 405 g/mol. The summed E-state index contributed by atoms with van der Waals surface area (Å²) in [5, 5.41) is 9.65. The number of alkyl halides is 6. The Balaban J connectivity index is 0.00000338. The van der Waals surface area contributed by atoms with E-state index < -0.39 is 47.0 Å². The third-order valence-corrected chi connectivity index (χ3v) is 3.26. The summed E-state index contributed by atoms with van der Waals surface area (Å²) >= 11 is 0. The topological polar surface area (TPSA) is 55.5 Å². The molecule has 0 aromatic heterocycles. The van der Waals surface area contributed by atoms with E-state index in [1.54, 1.807) is 0 Å². The largest absolute Gasteiger partial charge is 0.573 e. The van der Waals surface area contributed by atoms with Crippen molar-refractivity contribution in [1.82, 2.24) is 0 Å². The highest BCUT2D eigenvalue weighted by Gasteiger charge is 2.37. The average Bonchev–Trinajstić information content (AvgIpc) is 2.47. The molecule has 0 unspecified atom stereocenters. The van der Waals surface area contributed by atoms with Crippen LogP contribution >= 0.6 is 12.4 Å². The second kappa shape index (κ2) is 7.58. The molecule has 1 atom stereocenters. The fraction of sp³-hybridized carbons (Fsp3) is 0.200. The van der Waals surface area contributed by atoms with Crippen molar-refractivity contribution in [3.63, 3.8) is 0 Å². The van der Waals surface area contributed by atoms with Crippen LogP contribution in [0.4, 0.5) is 30.7 Å². The first-order valence-electron chi connectivity index (χ1n) is 6.60. The van der Waals surface area contributed by atoms with Gasteiger partial charge in [0.25, 0.3) is 0 Å². The standard InChI is InChI=1S/C15H10F7NO2.ClH/c16-10-6-5-9(14(17,18)19)11(13(10)24)12(23)7-1-3-8(4-2-7)25-15(20,21)22;/h1-6,12,24H,23H2;1H/t12-;/m1./s1. The van der Waals surface area contributed by atoms with Crippen molar-refractivity contribution < 1.29 is 40.6 Å². The molecule has 0 aliphatic heterocycles. The maximum Gasteiger partial charge on any atom is 0.573 e. The van der Waals surface area contributed by atoms with Crippen molar-refractivity contribution in [1.29, 1.82) is 0 Å². The van der Waals surface area contributed by atoms with Gasteiger partial charge in [-0.15, -0.1) is 25.6 Å². The van der Waals surface area contributed by atoms with Crippen molar-refractivity contribution in [2.75, 3.05) is 0 Å². The minimum Gasteiger partial charge on any atom is -0.505 e. The van der Waals surface area contributed by atoms with E-state index in [0.717, 1.165) is 24.3 Å². The molecule has 11 heteroatoms. The number of hydrogen-bond acceptors (Lipinski definition) is 3. The summed E-state index contributed by atoms with van der Waals surface area (Å²) in [5.74, 6) is -3.20. The highest BCUT2D eigenvalue weighted by Crippen LogP contribution is 2.41. The van der Waals surface area contributed by atoms with Gasteiger partial charge in [0, 0.05) is 5.56 Å². The zero-order valence-electron chi connectivity index (χ0n) is 12.5. The molecule has 0 spiro atoms. The summed E-state index contributed by atoms with van der Waals surface area (Å²) in [5.41, 5.74) is 3.32. The Morgan fingerprint density at radius 3 is 1.92 bits per heavy atom. The molecule has 144 valence electrons. The van der Waals surface area contributed by atoms with Crippen molar-refractivity contribution >= 4 is 12.4 Å². The van der Waals surface area contributed by atoms with E-state index in [-0.39, 0.29) is 18.0 Å². The predicted octanol–water partition coefficient (Wildman–Crippen LogP) is 4.92. The molecule has 0 bridgehead atoms. The minimum atomic E-state index is -4.94.